The number of aromatic nitrogens is 4. The number of benzene rings is 1. The van der Waals surface area contributed by atoms with E-state index < -0.39 is 0 Å². The van der Waals surface area contributed by atoms with Crippen LogP contribution in [0.1, 0.15) is 11.4 Å². The van der Waals surface area contributed by atoms with Crippen molar-refractivity contribution in [2.45, 2.75) is 13.5 Å². The lowest BCUT2D eigenvalue weighted by Crippen LogP contribution is -2.23. The van der Waals surface area contributed by atoms with Crippen LogP contribution in [-0.4, -0.2) is 19.1 Å². The first kappa shape index (κ1) is 11.5. The summed E-state index contributed by atoms with van der Waals surface area (Å²) in [4.78, 5) is 19.5. The van der Waals surface area contributed by atoms with Gasteiger partial charge < -0.3 is 4.98 Å². The van der Waals surface area contributed by atoms with Gasteiger partial charge in [0.25, 0.3) is 0 Å². The van der Waals surface area contributed by atoms with E-state index in [9.17, 15) is 4.79 Å². The van der Waals surface area contributed by atoms with Crippen LogP contribution in [0.4, 0.5) is 0 Å². The molecule has 1 aromatic carbocycles. The average Bonchev–Trinajstić information content (AvgIpc) is 2.99. The highest BCUT2D eigenvalue weighted by atomic mass is 16.1. The fourth-order valence-corrected chi connectivity index (χ4v) is 2.03. The van der Waals surface area contributed by atoms with Crippen LogP contribution in [0.25, 0.3) is 5.69 Å². The number of para-hydroxylation sites is 1. The largest absolute Gasteiger partial charge is 0.348 e. The lowest BCUT2D eigenvalue weighted by Gasteiger charge is -2.01. The Morgan fingerprint density at radius 1 is 1.21 bits per heavy atom. The maximum Gasteiger partial charge on any atom is 0.333 e. The summed E-state index contributed by atoms with van der Waals surface area (Å²) in [5, 5.41) is 0. The van der Waals surface area contributed by atoms with Crippen molar-refractivity contribution in [2.75, 3.05) is 0 Å². The van der Waals surface area contributed by atoms with Crippen LogP contribution in [-0.2, 0) is 6.54 Å². The Morgan fingerprint density at radius 2 is 2.00 bits per heavy atom. The highest BCUT2D eigenvalue weighted by molar-refractivity contribution is 5.31. The molecule has 3 aromatic rings. The number of imidazole rings is 2. The molecule has 3 rings (SSSR count). The monoisotopic (exact) mass is 254 g/mol. The van der Waals surface area contributed by atoms with Gasteiger partial charge in [-0.05, 0) is 19.1 Å². The number of aromatic amines is 1. The van der Waals surface area contributed by atoms with Crippen molar-refractivity contribution >= 4 is 0 Å². The predicted octanol–water partition coefficient (Wildman–Crippen LogP) is 1.72. The summed E-state index contributed by atoms with van der Waals surface area (Å²) in [5.41, 5.74) is 2.67. The van der Waals surface area contributed by atoms with Gasteiger partial charge in [-0.25, -0.2) is 9.78 Å². The molecule has 0 fully saturated rings. The summed E-state index contributed by atoms with van der Waals surface area (Å²) in [6.07, 6.45) is 5.20. The molecule has 0 amide bonds. The molecule has 0 aliphatic rings. The molecular formula is C14H14N4O. The van der Waals surface area contributed by atoms with E-state index in [2.05, 4.69) is 9.97 Å². The minimum Gasteiger partial charge on any atom is -0.348 e. The Labute approximate surface area is 110 Å². The summed E-state index contributed by atoms with van der Waals surface area (Å²) in [6, 6.07) is 9.57. The number of hydrogen-bond donors (Lipinski definition) is 1. The van der Waals surface area contributed by atoms with Crippen molar-refractivity contribution in [3.8, 4) is 5.69 Å². The second kappa shape index (κ2) is 4.61. The van der Waals surface area contributed by atoms with Gasteiger partial charge in [0, 0.05) is 18.1 Å². The number of aryl methyl sites for hydroxylation is 1. The van der Waals surface area contributed by atoms with Crippen LogP contribution in [0.2, 0.25) is 0 Å². The molecule has 0 aliphatic heterocycles. The van der Waals surface area contributed by atoms with E-state index in [1.165, 1.54) is 0 Å². The third-order valence-corrected chi connectivity index (χ3v) is 3.14. The number of nitrogens with one attached hydrogen (secondary N) is 1. The fourth-order valence-electron chi connectivity index (χ4n) is 2.03. The Balaban J connectivity index is 1.96. The molecule has 2 aromatic heterocycles. The Hall–Kier alpha value is -2.56. The molecule has 96 valence electrons. The zero-order valence-corrected chi connectivity index (χ0v) is 10.6. The molecule has 0 saturated heterocycles. The maximum atomic E-state index is 12.3. The smallest absolute Gasteiger partial charge is 0.333 e. The summed E-state index contributed by atoms with van der Waals surface area (Å²) < 4.78 is 3.28. The Kier molecular flexibility index (Phi) is 2.79. The molecule has 0 spiro atoms. The topological polar surface area (TPSA) is 55.6 Å². The molecule has 2 heterocycles. The van der Waals surface area contributed by atoms with Gasteiger partial charge >= 0.3 is 5.69 Å². The Morgan fingerprint density at radius 3 is 2.68 bits per heavy atom. The van der Waals surface area contributed by atoms with E-state index in [1.54, 1.807) is 27.9 Å². The van der Waals surface area contributed by atoms with E-state index >= 15 is 0 Å². The third kappa shape index (κ3) is 2.10. The average molecular weight is 254 g/mol. The zero-order chi connectivity index (χ0) is 13.2. The highest BCUT2D eigenvalue weighted by Crippen LogP contribution is 2.06. The zero-order valence-electron chi connectivity index (χ0n) is 10.6. The molecular weight excluding hydrogens is 240 g/mol. The first-order valence-electron chi connectivity index (χ1n) is 6.08. The third-order valence-electron chi connectivity index (χ3n) is 3.14. The van der Waals surface area contributed by atoms with Gasteiger partial charge in [0.05, 0.1) is 24.3 Å². The van der Waals surface area contributed by atoms with Crippen molar-refractivity contribution in [3.05, 3.63) is 70.9 Å². The lowest BCUT2D eigenvalue weighted by molar-refractivity contribution is 0.725. The fraction of sp³-hybridized carbons (Fsp3) is 0.143. The van der Waals surface area contributed by atoms with Crippen molar-refractivity contribution in [2.24, 2.45) is 0 Å². The minimum atomic E-state index is -0.0615. The normalized spacial score (nSPS) is 10.8. The van der Waals surface area contributed by atoms with Crippen LogP contribution < -0.4 is 5.69 Å². The van der Waals surface area contributed by atoms with Crippen LogP contribution >= 0.6 is 0 Å². The molecule has 0 aliphatic carbocycles. The van der Waals surface area contributed by atoms with Crippen LogP contribution in [0.15, 0.2) is 53.8 Å². The van der Waals surface area contributed by atoms with Crippen molar-refractivity contribution in [1.82, 2.24) is 19.1 Å². The lowest BCUT2D eigenvalue weighted by atomic mass is 10.3. The van der Waals surface area contributed by atoms with E-state index in [0.29, 0.717) is 6.54 Å². The van der Waals surface area contributed by atoms with Crippen molar-refractivity contribution in [3.63, 3.8) is 0 Å². The molecule has 0 atom stereocenters. The molecule has 0 bridgehead atoms. The van der Waals surface area contributed by atoms with Gasteiger partial charge in [0.15, 0.2) is 0 Å². The number of rotatable bonds is 3. The van der Waals surface area contributed by atoms with Gasteiger partial charge in [-0.3, -0.25) is 9.13 Å². The first-order chi connectivity index (χ1) is 9.25. The summed E-state index contributed by atoms with van der Waals surface area (Å²) in [7, 11) is 0. The van der Waals surface area contributed by atoms with E-state index in [0.717, 1.165) is 17.1 Å². The molecule has 5 nitrogen and oxygen atoms in total. The van der Waals surface area contributed by atoms with Crippen molar-refractivity contribution < 1.29 is 0 Å². The number of nitrogens with zero attached hydrogens (tertiary/aromatic N) is 3. The summed E-state index contributed by atoms with van der Waals surface area (Å²) in [6.45, 7) is 2.43. The number of hydrogen-bond acceptors (Lipinski definition) is 2. The van der Waals surface area contributed by atoms with E-state index in [-0.39, 0.29) is 5.69 Å². The van der Waals surface area contributed by atoms with Crippen LogP contribution in [0.3, 0.4) is 0 Å². The quantitative estimate of drug-likeness (QED) is 0.773. The van der Waals surface area contributed by atoms with Crippen LogP contribution in [0, 0.1) is 6.92 Å². The van der Waals surface area contributed by atoms with E-state index in [4.69, 9.17) is 0 Å². The predicted molar refractivity (Wildman–Crippen MR) is 72.5 cm³/mol. The first-order valence-corrected chi connectivity index (χ1v) is 6.08. The molecule has 5 heteroatoms. The van der Waals surface area contributed by atoms with Gasteiger partial charge in [-0.1, -0.05) is 18.2 Å². The van der Waals surface area contributed by atoms with Gasteiger partial charge in [-0.15, -0.1) is 0 Å². The maximum absolute atomic E-state index is 12.3. The van der Waals surface area contributed by atoms with Crippen LogP contribution in [0.5, 0.6) is 0 Å². The van der Waals surface area contributed by atoms with Gasteiger partial charge in [-0.2, -0.15) is 0 Å². The Bertz CT molecular complexity index is 736. The highest BCUT2D eigenvalue weighted by Gasteiger charge is 2.08. The SMILES string of the molecule is Cc1[nH]cnc1Cn1ccn(-c2ccccc2)c1=O. The van der Waals surface area contributed by atoms with E-state index in [1.807, 2.05) is 37.3 Å². The van der Waals surface area contributed by atoms with Gasteiger partial charge in [0.1, 0.15) is 0 Å². The number of H-pyrrole nitrogens is 1. The minimum absolute atomic E-state index is 0.0615. The summed E-state index contributed by atoms with van der Waals surface area (Å²) >= 11 is 0. The van der Waals surface area contributed by atoms with Crippen molar-refractivity contribution in [1.29, 1.82) is 0 Å². The molecule has 0 unspecified atom stereocenters. The molecule has 0 radical (unpaired) electrons. The molecule has 0 saturated carbocycles. The summed E-state index contributed by atoms with van der Waals surface area (Å²) in [5.74, 6) is 0. The van der Waals surface area contributed by atoms with Gasteiger partial charge in [0.2, 0.25) is 0 Å². The molecule has 1 N–H and O–H groups in total. The molecule has 19 heavy (non-hydrogen) atoms. The standard InChI is InChI=1S/C14H14N4O/c1-11-13(16-10-15-11)9-17-7-8-18(14(17)19)12-5-3-2-4-6-12/h2-8,10H,9H2,1H3,(H,15,16). The second-order valence-corrected chi connectivity index (χ2v) is 4.39. The second-order valence-electron chi connectivity index (χ2n) is 4.39.